The van der Waals surface area contributed by atoms with Crippen molar-refractivity contribution in [2.75, 3.05) is 52.4 Å². The second-order valence-corrected chi connectivity index (χ2v) is 6.32. The van der Waals surface area contributed by atoms with Crippen LogP contribution in [0.1, 0.15) is 26.7 Å². The van der Waals surface area contributed by atoms with Gasteiger partial charge in [0.15, 0.2) is 5.96 Å². The van der Waals surface area contributed by atoms with Gasteiger partial charge >= 0.3 is 0 Å². The number of amides is 1. The van der Waals surface area contributed by atoms with Crippen LogP contribution >= 0.6 is 24.0 Å². The molecule has 0 spiro atoms. The van der Waals surface area contributed by atoms with E-state index in [9.17, 15) is 13.6 Å². The van der Waals surface area contributed by atoms with E-state index in [1.165, 1.54) is 0 Å². The second-order valence-electron chi connectivity index (χ2n) is 6.32. The molecule has 1 N–H and O–H groups in total. The number of hydrogen-bond acceptors (Lipinski definition) is 3. The van der Waals surface area contributed by atoms with Crippen LogP contribution < -0.4 is 5.32 Å². The fourth-order valence-electron chi connectivity index (χ4n) is 3.26. The Hall–Kier alpha value is -0.710. The summed E-state index contributed by atoms with van der Waals surface area (Å²) in [5, 5.41) is 3.07. The molecule has 0 bridgehead atoms. The van der Waals surface area contributed by atoms with Gasteiger partial charge in [-0.05, 0) is 26.7 Å². The fraction of sp³-hybridized carbons (Fsp3) is 0.875. The lowest BCUT2D eigenvalue weighted by Crippen LogP contribution is -2.57. The monoisotopic (exact) mass is 473 g/mol. The quantitative estimate of drug-likeness (QED) is 0.374. The van der Waals surface area contributed by atoms with E-state index in [2.05, 4.69) is 15.2 Å². The number of carbonyl (C=O) groups excluding carboxylic acids is 1. The molecule has 0 radical (unpaired) electrons. The average molecular weight is 473 g/mol. The molecule has 2 aliphatic heterocycles. The first-order valence-corrected chi connectivity index (χ1v) is 8.87. The number of halogens is 3. The zero-order chi connectivity index (χ0) is 17.5. The molecule has 2 aliphatic rings. The third-order valence-corrected chi connectivity index (χ3v) is 4.65. The molecule has 2 heterocycles. The van der Waals surface area contributed by atoms with Gasteiger partial charge in [0.2, 0.25) is 5.91 Å². The van der Waals surface area contributed by atoms with Crippen LogP contribution in [0.2, 0.25) is 0 Å². The van der Waals surface area contributed by atoms with Gasteiger partial charge in [0, 0.05) is 45.8 Å². The number of hydrogen-bond donors (Lipinski definition) is 1. The molecule has 2 fully saturated rings. The lowest BCUT2D eigenvalue weighted by molar-refractivity contribution is -0.135. The van der Waals surface area contributed by atoms with E-state index in [4.69, 9.17) is 0 Å². The molecule has 0 saturated carbocycles. The zero-order valence-corrected chi connectivity index (χ0v) is 17.4. The first-order valence-electron chi connectivity index (χ1n) is 8.87. The Morgan fingerprint density at radius 1 is 1.08 bits per heavy atom. The Balaban J connectivity index is 0.00000312. The molecule has 0 aromatic carbocycles. The summed E-state index contributed by atoms with van der Waals surface area (Å²) in [7, 11) is 0. The maximum atomic E-state index is 12.5. The first kappa shape index (κ1) is 22.3. The molecule has 1 unspecified atom stereocenters. The van der Waals surface area contributed by atoms with Crippen LogP contribution in [0, 0.1) is 0 Å². The molecule has 9 heteroatoms. The molecule has 25 heavy (non-hydrogen) atoms. The number of alkyl halides is 2. The summed E-state index contributed by atoms with van der Waals surface area (Å²) >= 11 is 0. The lowest BCUT2D eigenvalue weighted by atomic mass is 10.2. The summed E-state index contributed by atoms with van der Waals surface area (Å²) in [6.45, 7) is 8.64. The van der Waals surface area contributed by atoms with Crippen molar-refractivity contribution in [2.24, 2.45) is 4.99 Å². The topological polar surface area (TPSA) is 51.2 Å². The predicted octanol–water partition coefficient (Wildman–Crippen LogP) is 1.46. The van der Waals surface area contributed by atoms with Crippen LogP contribution in [0.25, 0.3) is 0 Å². The van der Waals surface area contributed by atoms with Crippen molar-refractivity contribution < 1.29 is 13.6 Å². The summed E-state index contributed by atoms with van der Waals surface area (Å²) in [6, 6.07) is -0.120. The molecule has 2 saturated heterocycles. The number of likely N-dealkylation sites (tertiary alicyclic amines) is 1. The molecular formula is C16H30F2IN5O. The van der Waals surface area contributed by atoms with Crippen LogP contribution in [0.3, 0.4) is 0 Å². The predicted molar refractivity (Wildman–Crippen MR) is 106 cm³/mol. The Morgan fingerprint density at radius 2 is 1.68 bits per heavy atom. The largest absolute Gasteiger partial charge is 0.357 e. The van der Waals surface area contributed by atoms with Gasteiger partial charge < -0.3 is 15.1 Å². The fourth-order valence-corrected chi connectivity index (χ4v) is 3.26. The minimum Gasteiger partial charge on any atom is -0.357 e. The van der Waals surface area contributed by atoms with Gasteiger partial charge in [0.25, 0.3) is 6.43 Å². The van der Waals surface area contributed by atoms with E-state index in [1.807, 2.05) is 23.6 Å². The maximum Gasteiger partial charge on any atom is 0.257 e. The highest BCUT2D eigenvalue weighted by atomic mass is 127. The standard InChI is InChI=1S/C16H29F2N5O.HI/c1-3-19-16(20-12-14(17)18)23-10-8-21(9-11-23)13(2)15(24)22-6-4-5-7-22;/h13-14H,3-12H2,1-2H3,(H,19,20);1H. The highest BCUT2D eigenvalue weighted by Crippen LogP contribution is 2.14. The SMILES string of the molecule is CCNC(=NCC(F)F)N1CCN(C(C)C(=O)N2CCCC2)CC1.I. The van der Waals surface area contributed by atoms with Gasteiger partial charge in [-0.2, -0.15) is 0 Å². The van der Waals surface area contributed by atoms with Crippen molar-refractivity contribution in [3.8, 4) is 0 Å². The van der Waals surface area contributed by atoms with Crippen LogP contribution in [0.4, 0.5) is 8.78 Å². The minimum absolute atomic E-state index is 0. The molecule has 0 aromatic heterocycles. The maximum absolute atomic E-state index is 12.5. The Bertz CT molecular complexity index is 438. The Morgan fingerprint density at radius 3 is 2.20 bits per heavy atom. The normalized spacial score (nSPS) is 20.6. The molecule has 1 amide bonds. The summed E-state index contributed by atoms with van der Waals surface area (Å²) in [6.07, 6.45) is -0.240. The summed E-state index contributed by atoms with van der Waals surface area (Å²) in [4.78, 5) is 22.6. The van der Waals surface area contributed by atoms with Gasteiger partial charge in [-0.3, -0.25) is 9.69 Å². The van der Waals surface area contributed by atoms with Crippen molar-refractivity contribution in [1.29, 1.82) is 0 Å². The molecule has 1 atom stereocenters. The minimum atomic E-state index is -2.43. The van der Waals surface area contributed by atoms with Crippen LogP contribution in [0.15, 0.2) is 4.99 Å². The average Bonchev–Trinajstić information content (AvgIpc) is 3.12. The third-order valence-electron chi connectivity index (χ3n) is 4.65. The third kappa shape index (κ3) is 6.50. The van der Waals surface area contributed by atoms with Crippen molar-refractivity contribution in [3.63, 3.8) is 0 Å². The molecule has 2 rings (SSSR count). The van der Waals surface area contributed by atoms with Crippen molar-refractivity contribution >= 4 is 35.8 Å². The van der Waals surface area contributed by atoms with Gasteiger partial charge in [-0.15, -0.1) is 24.0 Å². The van der Waals surface area contributed by atoms with Crippen LogP contribution in [0.5, 0.6) is 0 Å². The first-order chi connectivity index (χ1) is 11.5. The van der Waals surface area contributed by atoms with Crippen LogP contribution in [-0.2, 0) is 4.79 Å². The smallest absolute Gasteiger partial charge is 0.257 e. The number of carbonyl (C=O) groups is 1. The van der Waals surface area contributed by atoms with Crippen molar-refractivity contribution in [3.05, 3.63) is 0 Å². The molecular weight excluding hydrogens is 443 g/mol. The zero-order valence-electron chi connectivity index (χ0n) is 15.1. The molecule has 0 aliphatic carbocycles. The number of guanidine groups is 1. The van der Waals surface area contributed by atoms with Gasteiger partial charge in [-0.1, -0.05) is 0 Å². The highest BCUT2D eigenvalue weighted by molar-refractivity contribution is 14.0. The van der Waals surface area contributed by atoms with E-state index >= 15 is 0 Å². The summed E-state index contributed by atoms with van der Waals surface area (Å²) in [5.41, 5.74) is 0. The molecule has 6 nitrogen and oxygen atoms in total. The number of nitrogens with one attached hydrogen (secondary N) is 1. The van der Waals surface area contributed by atoms with E-state index < -0.39 is 13.0 Å². The van der Waals surface area contributed by atoms with E-state index in [1.54, 1.807) is 0 Å². The van der Waals surface area contributed by atoms with Crippen LogP contribution in [-0.4, -0.2) is 91.4 Å². The number of aliphatic imine (C=N–C) groups is 1. The van der Waals surface area contributed by atoms with Crippen molar-refractivity contribution in [1.82, 2.24) is 20.0 Å². The van der Waals surface area contributed by atoms with Crippen molar-refractivity contribution in [2.45, 2.75) is 39.2 Å². The number of rotatable bonds is 5. The molecule has 0 aromatic rings. The molecule has 146 valence electrons. The number of piperazine rings is 1. The highest BCUT2D eigenvalue weighted by Gasteiger charge is 2.30. The lowest BCUT2D eigenvalue weighted by Gasteiger charge is -2.39. The second kappa shape index (κ2) is 11.1. The summed E-state index contributed by atoms with van der Waals surface area (Å²) in [5.74, 6) is 0.746. The van der Waals surface area contributed by atoms with Gasteiger partial charge in [0.1, 0.15) is 6.54 Å². The van der Waals surface area contributed by atoms with Gasteiger partial charge in [0.05, 0.1) is 6.04 Å². The van der Waals surface area contributed by atoms with E-state index in [0.717, 1.165) is 39.0 Å². The Labute approximate surface area is 166 Å². The Kier molecular flexibility index (Phi) is 9.91. The van der Waals surface area contributed by atoms with E-state index in [-0.39, 0.29) is 35.9 Å². The number of nitrogens with zero attached hydrogens (tertiary/aromatic N) is 4. The summed E-state index contributed by atoms with van der Waals surface area (Å²) < 4.78 is 24.8. The van der Waals surface area contributed by atoms with Gasteiger partial charge in [-0.25, -0.2) is 13.8 Å². The van der Waals surface area contributed by atoms with E-state index in [0.29, 0.717) is 25.6 Å².